The van der Waals surface area contributed by atoms with Gasteiger partial charge in [0.15, 0.2) is 4.34 Å². The van der Waals surface area contributed by atoms with E-state index < -0.39 is 0 Å². The molecular weight excluding hydrogens is 490 g/mol. The van der Waals surface area contributed by atoms with E-state index in [1.807, 2.05) is 45.9 Å². The van der Waals surface area contributed by atoms with Gasteiger partial charge in [0.25, 0.3) is 0 Å². The predicted molar refractivity (Wildman–Crippen MR) is 144 cm³/mol. The van der Waals surface area contributed by atoms with Gasteiger partial charge in [0.1, 0.15) is 0 Å². The first kappa shape index (κ1) is 23.4. The van der Waals surface area contributed by atoms with E-state index in [1.165, 1.54) is 33.6 Å². The summed E-state index contributed by atoms with van der Waals surface area (Å²) in [7, 11) is 0. The minimum absolute atomic E-state index is 0.0713. The van der Waals surface area contributed by atoms with Crippen molar-refractivity contribution in [3.05, 3.63) is 59.2 Å². The summed E-state index contributed by atoms with van der Waals surface area (Å²) < 4.78 is 1.67. The third kappa shape index (κ3) is 3.69. The smallest absolute Gasteiger partial charge is 0.238 e. The standard InChI is InChI=1S/C28H27N3O3S2/c1-13-9-14(2)24(15(3)10-13)30-25(32)16(4)35-28-29-20-8-7-19(12-21(20)36-28)31-26(33)22-17-5-6-18(11-17)23(22)27(31)34/h5-10,12,16-18,22-23H,11H2,1-4H3,(H,30,32)/t16-,17-,18-,22-,23-/m0/s1. The normalized spacial score (nSPS) is 25.2. The number of thioether (sulfide) groups is 1. The molecule has 1 saturated heterocycles. The summed E-state index contributed by atoms with van der Waals surface area (Å²) >= 11 is 2.89. The van der Waals surface area contributed by atoms with Gasteiger partial charge in [-0.25, -0.2) is 9.88 Å². The number of hydrogen-bond acceptors (Lipinski definition) is 6. The van der Waals surface area contributed by atoms with Gasteiger partial charge in [-0.1, -0.05) is 41.6 Å². The van der Waals surface area contributed by atoms with Crippen molar-refractivity contribution in [2.45, 2.75) is 43.7 Å². The van der Waals surface area contributed by atoms with Crippen molar-refractivity contribution in [3.8, 4) is 0 Å². The highest BCUT2D eigenvalue weighted by Crippen LogP contribution is 2.53. The highest BCUT2D eigenvalue weighted by molar-refractivity contribution is 8.02. The summed E-state index contributed by atoms with van der Waals surface area (Å²) in [6.45, 7) is 7.93. The first-order chi connectivity index (χ1) is 17.2. The number of fused-ring (bicyclic) bond motifs is 6. The fourth-order valence-electron chi connectivity index (χ4n) is 6.05. The average Bonchev–Trinajstić information content (AvgIpc) is 3.58. The van der Waals surface area contributed by atoms with Crippen LogP contribution in [0.2, 0.25) is 0 Å². The average molecular weight is 518 g/mol. The molecule has 3 aliphatic rings. The largest absolute Gasteiger partial charge is 0.325 e. The first-order valence-electron chi connectivity index (χ1n) is 12.2. The number of nitrogens with zero attached hydrogens (tertiary/aromatic N) is 2. The number of anilines is 2. The van der Waals surface area contributed by atoms with Gasteiger partial charge in [0.2, 0.25) is 17.7 Å². The lowest BCUT2D eigenvalue weighted by Gasteiger charge is -2.17. The summed E-state index contributed by atoms with van der Waals surface area (Å²) in [4.78, 5) is 45.4. The van der Waals surface area contributed by atoms with E-state index in [2.05, 4.69) is 34.6 Å². The lowest BCUT2D eigenvalue weighted by Crippen LogP contribution is -2.32. The molecule has 2 bridgehead atoms. The number of carbonyl (C=O) groups excluding carboxylic acids is 3. The van der Waals surface area contributed by atoms with Gasteiger partial charge in [-0.3, -0.25) is 14.4 Å². The van der Waals surface area contributed by atoms with E-state index in [0.717, 1.165) is 37.8 Å². The Kier molecular flexibility index (Phi) is 5.57. The Morgan fingerprint density at radius 1 is 1.06 bits per heavy atom. The molecule has 3 aromatic rings. The SMILES string of the molecule is Cc1cc(C)c(NC(=O)[C@H](C)Sc2nc3ccc(N4C(=O)[C@@H]5[C@@H](C4=O)[C@H]4C=C[C@H]5C4)cc3s2)c(C)c1. The zero-order valence-electron chi connectivity index (χ0n) is 20.6. The van der Waals surface area contributed by atoms with E-state index in [4.69, 9.17) is 0 Å². The minimum atomic E-state index is -0.339. The molecule has 0 spiro atoms. The number of nitrogens with one attached hydrogen (secondary N) is 1. The molecule has 6 rings (SSSR count). The number of carbonyl (C=O) groups is 3. The second-order valence-corrected chi connectivity index (χ2v) is 12.8. The Labute approximate surface area is 218 Å². The van der Waals surface area contributed by atoms with Crippen LogP contribution in [0.25, 0.3) is 10.2 Å². The maximum atomic E-state index is 13.2. The fourth-order valence-corrected chi connectivity index (χ4v) is 8.29. The molecule has 1 aliphatic heterocycles. The Morgan fingerprint density at radius 2 is 1.69 bits per heavy atom. The quantitative estimate of drug-likeness (QED) is 0.269. The van der Waals surface area contributed by atoms with Crippen molar-refractivity contribution in [1.29, 1.82) is 0 Å². The molecule has 0 unspecified atom stereocenters. The van der Waals surface area contributed by atoms with Crippen LogP contribution < -0.4 is 10.2 Å². The molecule has 36 heavy (non-hydrogen) atoms. The van der Waals surface area contributed by atoms with Crippen LogP contribution in [-0.2, 0) is 14.4 Å². The maximum Gasteiger partial charge on any atom is 0.238 e. The third-order valence-electron chi connectivity index (χ3n) is 7.65. The summed E-state index contributed by atoms with van der Waals surface area (Å²) in [6, 6.07) is 9.68. The molecule has 1 aromatic heterocycles. The molecule has 1 saturated carbocycles. The molecule has 8 heteroatoms. The van der Waals surface area contributed by atoms with Crippen LogP contribution in [-0.4, -0.2) is 28.0 Å². The zero-order chi connectivity index (χ0) is 25.3. The summed E-state index contributed by atoms with van der Waals surface area (Å²) in [6.07, 6.45) is 5.13. The van der Waals surface area contributed by atoms with E-state index in [1.54, 1.807) is 0 Å². The van der Waals surface area contributed by atoms with Gasteiger partial charge in [-0.2, -0.15) is 0 Å². The Bertz CT molecular complexity index is 1420. The van der Waals surface area contributed by atoms with Gasteiger partial charge in [0.05, 0.1) is 33.0 Å². The molecule has 3 amide bonds. The summed E-state index contributed by atoms with van der Waals surface area (Å²) in [5.74, 6) is -0.266. The Balaban J connectivity index is 1.19. The molecule has 2 fully saturated rings. The molecule has 5 atom stereocenters. The fraction of sp³-hybridized carbons (Fsp3) is 0.357. The van der Waals surface area contributed by atoms with Crippen LogP contribution >= 0.6 is 23.1 Å². The van der Waals surface area contributed by atoms with Crippen molar-refractivity contribution in [2.75, 3.05) is 10.2 Å². The molecule has 2 aliphatic carbocycles. The molecule has 6 nitrogen and oxygen atoms in total. The molecule has 0 radical (unpaired) electrons. The van der Waals surface area contributed by atoms with Crippen molar-refractivity contribution < 1.29 is 14.4 Å². The van der Waals surface area contributed by atoms with Gasteiger partial charge >= 0.3 is 0 Å². The summed E-state index contributed by atoms with van der Waals surface area (Å²) in [5.41, 5.74) is 5.53. The van der Waals surface area contributed by atoms with E-state index in [0.29, 0.717) is 5.69 Å². The van der Waals surface area contributed by atoms with Gasteiger partial charge in [-0.15, -0.1) is 11.3 Å². The number of aromatic nitrogens is 1. The summed E-state index contributed by atoms with van der Waals surface area (Å²) in [5, 5.41) is 2.74. The van der Waals surface area contributed by atoms with Crippen LogP contribution in [0.4, 0.5) is 11.4 Å². The number of hydrogen-bond donors (Lipinski definition) is 1. The zero-order valence-corrected chi connectivity index (χ0v) is 22.2. The van der Waals surface area contributed by atoms with Crippen LogP contribution in [0.1, 0.15) is 30.0 Å². The number of benzene rings is 2. The number of allylic oxidation sites excluding steroid dienone is 2. The highest BCUT2D eigenvalue weighted by atomic mass is 32.2. The van der Waals surface area contributed by atoms with Crippen LogP contribution in [0.15, 0.2) is 46.8 Å². The Hall–Kier alpha value is -2.97. The van der Waals surface area contributed by atoms with Crippen LogP contribution in [0.5, 0.6) is 0 Å². The van der Waals surface area contributed by atoms with Crippen LogP contribution in [0.3, 0.4) is 0 Å². The molecule has 184 valence electrons. The third-order valence-corrected chi connectivity index (χ3v) is 9.87. The molecule has 2 heterocycles. The van der Waals surface area contributed by atoms with E-state index >= 15 is 0 Å². The number of rotatable bonds is 5. The van der Waals surface area contributed by atoms with E-state index in [-0.39, 0.29) is 46.6 Å². The molecular formula is C28H27N3O3S2. The lowest BCUT2D eigenvalue weighted by molar-refractivity contribution is -0.123. The van der Waals surface area contributed by atoms with Crippen molar-refractivity contribution in [3.63, 3.8) is 0 Å². The van der Waals surface area contributed by atoms with Crippen molar-refractivity contribution in [2.24, 2.45) is 23.7 Å². The van der Waals surface area contributed by atoms with E-state index in [9.17, 15) is 14.4 Å². The first-order valence-corrected chi connectivity index (χ1v) is 13.9. The van der Waals surface area contributed by atoms with Crippen LogP contribution in [0, 0.1) is 44.4 Å². The molecule has 2 aromatic carbocycles. The second kappa shape index (κ2) is 8.56. The van der Waals surface area contributed by atoms with Gasteiger partial charge < -0.3 is 5.32 Å². The van der Waals surface area contributed by atoms with Crippen molar-refractivity contribution >= 4 is 62.4 Å². The van der Waals surface area contributed by atoms with Gasteiger partial charge in [-0.05, 0) is 75.3 Å². The predicted octanol–water partition coefficient (Wildman–Crippen LogP) is 5.65. The number of imide groups is 1. The molecule has 1 N–H and O–H groups in total. The van der Waals surface area contributed by atoms with Gasteiger partial charge in [0, 0.05) is 5.69 Å². The minimum Gasteiger partial charge on any atom is -0.325 e. The highest BCUT2D eigenvalue weighted by Gasteiger charge is 2.59. The number of aryl methyl sites for hydroxylation is 3. The number of thiazole rings is 1. The number of amides is 3. The lowest BCUT2D eigenvalue weighted by atomic mass is 9.85. The topological polar surface area (TPSA) is 79.4 Å². The van der Waals surface area contributed by atoms with Crippen molar-refractivity contribution in [1.82, 2.24) is 4.98 Å². The second-order valence-electron chi connectivity index (χ2n) is 10.2. The Morgan fingerprint density at radius 3 is 2.33 bits per heavy atom. The monoisotopic (exact) mass is 517 g/mol. The maximum absolute atomic E-state index is 13.2.